The van der Waals surface area contributed by atoms with Crippen molar-refractivity contribution in [2.24, 2.45) is 0 Å². The van der Waals surface area contributed by atoms with Gasteiger partial charge in [0.15, 0.2) is 11.1 Å². The summed E-state index contributed by atoms with van der Waals surface area (Å²) in [5.41, 5.74) is 0.740. The van der Waals surface area contributed by atoms with Crippen LogP contribution in [0.5, 0.6) is 11.5 Å². The van der Waals surface area contributed by atoms with Crippen LogP contribution in [0, 0.1) is 6.92 Å². The summed E-state index contributed by atoms with van der Waals surface area (Å²) in [7, 11) is 0. The number of H-pyrrole nitrogens is 1. The third-order valence-corrected chi connectivity index (χ3v) is 4.18. The highest BCUT2D eigenvalue weighted by Gasteiger charge is 2.30. The molecule has 1 atom stereocenters. The maximum Gasteiger partial charge on any atom is 0.416 e. The van der Waals surface area contributed by atoms with Crippen molar-refractivity contribution in [2.75, 3.05) is 0 Å². The van der Waals surface area contributed by atoms with Crippen molar-refractivity contribution in [3.63, 3.8) is 0 Å². The van der Waals surface area contributed by atoms with Crippen molar-refractivity contribution in [1.82, 2.24) is 10.2 Å². The molecule has 3 aromatic rings. The molecule has 2 N–H and O–H groups in total. The summed E-state index contributed by atoms with van der Waals surface area (Å²) >= 11 is -2.22. The molecule has 0 spiro atoms. The van der Waals surface area contributed by atoms with E-state index in [9.17, 15) is 21.9 Å². The summed E-state index contributed by atoms with van der Waals surface area (Å²) in [6, 6.07) is 10.4. The van der Waals surface area contributed by atoms with Gasteiger partial charge in [0.25, 0.3) is 0 Å². The molecule has 0 fully saturated rings. The summed E-state index contributed by atoms with van der Waals surface area (Å²) in [4.78, 5) is 0.122. The lowest BCUT2D eigenvalue weighted by molar-refractivity contribution is -0.137. The lowest BCUT2D eigenvalue weighted by Crippen LogP contribution is -2.04. The second kappa shape index (κ2) is 6.93. The Labute approximate surface area is 149 Å². The molecule has 9 heteroatoms. The molecule has 0 aliphatic heterocycles. The first-order valence-electron chi connectivity index (χ1n) is 7.36. The molecule has 0 aliphatic carbocycles. The van der Waals surface area contributed by atoms with Crippen molar-refractivity contribution >= 4 is 11.1 Å². The number of hydrogen-bond donors (Lipinski definition) is 2. The Morgan fingerprint density at radius 2 is 1.92 bits per heavy atom. The molecule has 1 unspecified atom stereocenters. The van der Waals surface area contributed by atoms with Gasteiger partial charge in [-0.25, -0.2) is 4.21 Å². The first-order chi connectivity index (χ1) is 12.2. The van der Waals surface area contributed by atoms with E-state index in [1.165, 1.54) is 30.3 Å². The van der Waals surface area contributed by atoms with Crippen LogP contribution in [0.3, 0.4) is 0 Å². The SMILES string of the molecule is Cc1cc(-c2cc(S(=O)O)ccc2Oc2cccc(C(F)(F)F)c2)n[nH]1. The highest BCUT2D eigenvalue weighted by molar-refractivity contribution is 7.79. The van der Waals surface area contributed by atoms with Gasteiger partial charge in [0.05, 0.1) is 16.2 Å². The van der Waals surface area contributed by atoms with Gasteiger partial charge in [0, 0.05) is 11.3 Å². The maximum atomic E-state index is 12.9. The molecule has 2 aromatic carbocycles. The molecule has 0 saturated carbocycles. The van der Waals surface area contributed by atoms with Crippen molar-refractivity contribution in [2.45, 2.75) is 18.0 Å². The van der Waals surface area contributed by atoms with E-state index in [2.05, 4.69) is 10.2 Å². The molecular formula is C17H13F3N2O3S. The molecule has 5 nitrogen and oxygen atoms in total. The fourth-order valence-electron chi connectivity index (χ4n) is 2.33. The van der Waals surface area contributed by atoms with Crippen LogP contribution in [-0.4, -0.2) is 19.0 Å². The van der Waals surface area contributed by atoms with Crippen LogP contribution in [0.25, 0.3) is 11.3 Å². The largest absolute Gasteiger partial charge is 0.457 e. The third-order valence-electron chi connectivity index (χ3n) is 3.52. The topological polar surface area (TPSA) is 75.2 Å². The normalized spacial score (nSPS) is 12.8. The monoisotopic (exact) mass is 382 g/mol. The fraction of sp³-hybridized carbons (Fsp3) is 0.118. The van der Waals surface area contributed by atoms with Crippen LogP contribution in [-0.2, 0) is 17.3 Å². The summed E-state index contributed by atoms with van der Waals surface area (Å²) in [5, 5.41) is 6.82. The lowest BCUT2D eigenvalue weighted by Gasteiger charge is -2.13. The van der Waals surface area contributed by atoms with E-state index >= 15 is 0 Å². The van der Waals surface area contributed by atoms with Crippen LogP contribution in [0.2, 0.25) is 0 Å². The van der Waals surface area contributed by atoms with E-state index in [1.807, 2.05) is 0 Å². The number of rotatable bonds is 4. The van der Waals surface area contributed by atoms with Crippen LogP contribution in [0.4, 0.5) is 13.2 Å². The summed E-state index contributed by atoms with van der Waals surface area (Å²) < 4.78 is 64.8. The third kappa shape index (κ3) is 3.94. The number of nitrogens with zero attached hydrogens (tertiary/aromatic N) is 1. The predicted molar refractivity (Wildman–Crippen MR) is 89.3 cm³/mol. The van der Waals surface area contributed by atoms with Gasteiger partial charge in [-0.2, -0.15) is 18.3 Å². The van der Waals surface area contributed by atoms with E-state index < -0.39 is 22.8 Å². The first-order valence-corrected chi connectivity index (χ1v) is 8.47. The van der Waals surface area contributed by atoms with Crippen molar-refractivity contribution in [1.29, 1.82) is 0 Å². The number of aromatic amines is 1. The highest BCUT2D eigenvalue weighted by atomic mass is 32.2. The maximum absolute atomic E-state index is 12.9. The molecular weight excluding hydrogens is 369 g/mol. The van der Waals surface area contributed by atoms with Gasteiger partial charge >= 0.3 is 6.18 Å². The smallest absolute Gasteiger partial charge is 0.416 e. The second-order valence-corrected chi connectivity index (χ2v) is 6.44. The molecule has 1 heterocycles. The lowest BCUT2D eigenvalue weighted by atomic mass is 10.1. The van der Waals surface area contributed by atoms with Gasteiger partial charge in [-0.05, 0) is 49.4 Å². The van der Waals surface area contributed by atoms with Gasteiger partial charge in [-0.15, -0.1) is 0 Å². The van der Waals surface area contributed by atoms with E-state index in [0.29, 0.717) is 11.3 Å². The number of ether oxygens (including phenoxy) is 1. The Bertz CT molecular complexity index is 970. The molecule has 0 aliphatic rings. The van der Waals surface area contributed by atoms with E-state index in [-0.39, 0.29) is 16.4 Å². The van der Waals surface area contributed by atoms with Crippen molar-refractivity contribution in [3.05, 3.63) is 59.8 Å². The van der Waals surface area contributed by atoms with Crippen LogP contribution >= 0.6 is 0 Å². The van der Waals surface area contributed by atoms with Crippen LogP contribution < -0.4 is 4.74 Å². The number of aromatic nitrogens is 2. The Hall–Kier alpha value is -2.65. The minimum absolute atomic E-state index is 0.00814. The highest BCUT2D eigenvalue weighted by Crippen LogP contribution is 2.36. The minimum Gasteiger partial charge on any atom is -0.457 e. The zero-order chi connectivity index (χ0) is 18.9. The molecule has 0 saturated heterocycles. The Morgan fingerprint density at radius 1 is 1.15 bits per heavy atom. The first kappa shape index (κ1) is 18.2. The predicted octanol–water partition coefficient (Wildman–Crippen LogP) is 4.78. The summed E-state index contributed by atoms with van der Waals surface area (Å²) in [6.07, 6.45) is -4.49. The number of hydrogen-bond acceptors (Lipinski definition) is 3. The van der Waals surface area contributed by atoms with E-state index in [0.717, 1.165) is 17.8 Å². The van der Waals surface area contributed by atoms with Crippen LogP contribution in [0.1, 0.15) is 11.3 Å². The van der Waals surface area contributed by atoms with E-state index in [4.69, 9.17) is 4.74 Å². The van der Waals surface area contributed by atoms with Gasteiger partial charge in [0.2, 0.25) is 0 Å². The molecule has 3 rings (SSSR count). The quantitative estimate of drug-likeness (QED) is 0.637. The van der Waals surface area contributed by atoms with Gasteiger partial charge in [-0.1, -0.05) is 6.07 Å². The van der Waals surface area contributed by atoms with Gasteiger partial charge < -0.3 is 9.29 Å². The van der Waals surface area contributed by atoms with Gasteiger partial charge in [-0.3, -0.25) is 5.10 Å². The zero-order valence-electron chi connectivity index (χ0n) is 13.4. The fourth-order valence-corrected chi connectivity index (χ4v) is 2.73. The Kier molecular flexibility index (Phi) is 4.84. The molecule has 0 amide bonds. The summed E-state index contributed by atoms with van der Waals surface area (Å²) in [6.45, 7) is 1.78. The van der Waals surface area contributed by atoms with E-state index in [1.54, 1.807) is 13.0 Å². The zero-order valence-corrected chi connectivity index (χ0v) is 14.2. The van der Waals surface area contributed by atoms with Gasteiger partial charge in [0.1, 0.15) is 11.5 Å². The number of alkyl halides is 3. The Morgan fingerprint density at radius 3 is 2.54 bits per heavy atom. The molecule has 0 radical (unpaired) electrons. The average molecular weight is 382 g/mol. The minimum atomic E-state index is -4.49. The number of benzene rings is 2. The summed E-state index contributed by atoms with van der Waals surface area (Å²) in [5.74, 6) is 0.205. The number of halogens is 3. The molecule has 26 heavy (non-hydrogen) atoms. The molecule has 1 aromatic heterocycles. The number of nitrogens with one attached hydrogen (secondary N) is 1. The second-order valence-electron chi connectivity index (χ2n) is 5.47. The van der Waals surface area contributed by atoms with Crippen molar-refractivity contribution < 1.29 is 26.7 Å². The molecule has 136 valence electrons. The average Bonchev–Trinajstić information content (AvgIpc) is 3.01. The Balaban J connectivity index is 2.04. The molecule has 0 bridgehead atoms. The van der Waals surface area contributed by atoms with Crippen LogP contribution in [0.15, 0.2) is 53.4 Å². The van der Waals surface area contributed by atoms with Crippen molar-refractivity contribution in [3.8, 4) is 22.8 Å². The standard InChI is InChI=1S/C17H13F3N2O3S/c1-10-7-15(22-21-10)14-9-13(26(23)24)5-6-16(14)25-12-4-2-3-11(8-12)17(18,19)20/h2-9H,1H3,(H,21,22)(H,23,24). The number of aryl methyl sites for hydroxylation is 1.